The van der Waals surface area contributed by atoms with Crippen LogP contribution in [0, 0.1) is 6.92 Å². The van der Waals surface area contributed by atoms with E-state index in [1.807, 2.05) is 6.92 Å². The van der Waals surface area contributed by atoms with Crippen LogP contribution >= 0.6 is 23.1 Å². The van der Waals surface area contributed by atoms with Crippen LogP contribution in [-0.4, -0.2) is 38.0 Å². The Kier molecular flexibility index (Phi) is 3.84. The maximum atomic E-state index is 11.1. The average Bonchev–Trinajstić information content (AvgIpc) is 2.68. The van der Waals surface area contributed by atoms with E-state index in [1.54, 1.807) is 6.92 Å². The van der Waals surface area contributed by atoms with Gasteiger partial charge in [0.1, 0.15) is 21.1 Å². The third-order valence-electron chi connectivity index (χ3n) is 2.46. The van der Waals surface area contributed by atoms with E-state index in [0.717, 1.165) is 21.7 Å². The summed E-state index contributed by atoms with van der Waals surface area (Å²) in [5.74, 6) is -0.943. The lowest BCUT2D eigenvalue weighted by Gasteiger charge is -2.07. The van der Waals surface area contributed by atoms with Gasteiger partial charge < -0.3 is 10.2 Å². The number of aromatic carboxylic acids is 1. The van der Waals surface area contributed by atoms with Crippen molar-refractivity contribution >= 4 is 39.3 Å². The van der Waals surface area contributed by atoms with Gasteiger partial charge in [-0.3, -0.25) is 0 Å². The first-order valence-electron chi connectivity index (χ1n) is 5.29. The second kappa shape index (κ2) is 5.21. The van der Waals surface area contributed by atoms with Crippen molar-refractivity contribution in [2.24, 2.45) is 0 Å². The van der Waals surface area contributed by atoms with Gasteiger partial charge in [0.2, 0.25) is 0 Å². The molecule has 18 heavy (non-hydrogen) atoms. The number of carboxylic acid groups (broad SMARTS) is 1. The lowest BCUT2D eigenvalue weighted by molar-refractivity contribution is 0.0701. The molecule has 0 fully saturated rings. The second-order valence-electron chi connectivity index (χ2n) is 3.83. The minimum atomic E-state index is -0.943. The highest BCUT2D eigenvalue weighted by molar-refractivity contribution is 8.00. The van der Waals surface area contributed by atoms with E-state index < -0.39 is 5.97 Å². The number of carbonyl (C=O) groups is 1. The number of aliphatic hydroxyl groups is 1. The topological polar surface area (TPSA) is 83.3 Å². The van der Waals surface area contributed by atoms with Crippen LogP contribution in [0.3, 0.4) is 0 Å². The number of aromatic nitrogens is 2. The molecule has 7 heteroatoms. The van der Waals surface area contributed by atoms with Gasteiger partial charge in [-0.15, -0.1) is 23.1 Å². The van der Waals surface area contributed by atoms with E-state index in [2.05, 4.69) is 9.97 Å². The van der Waals surface area contributed by atoms with Gasteiger partial charge in [-0.1, -0.05) is 6.92 Å². The Morgan fingerprint density at radius 1 is 1.56 bits per heavy atom. The third-order valence-corrected chi connectivity index (χ3v) is 4.73. The zero-order valence-corrected chi connectivity index (χ0v) is 11.5. The number of nitrogens with zero attached hydrogens (tertiary/aromatic N) is 2. The standard InChI is InChI=1S/C11H12N2O3S2/c1-5(3-14)17-9-7-6(2)8(11(15)16)18-10(7)13-4-12-9/h4-5,14H,3H2,1-2H3,(H,15,16). The summed E-state index contributed by atoms with van der Waals surface area (Å²) in [6, 6.07) is 0. The number of fused-ring (bicyclic) bond motifs is 1. The summed E-state index contributed by atoms with van der Waals surface area (Å²) in [7, 11) is 0. The molecule has 5 nitrogen and oxygen atoms in total. The van der Waals surface area contributed by atoms with Crippen molar-refractivity contribution in [2.75, 3.05) is 6.61 Å². The molecule has 0 aliphatic rings. The van der Waals surface area contributed by atoms with Gasteiger partial charge in [-0.2, -0.15) is 0 Å². The molecule has 0 bridgehead atoms. The quantitative estimate of drug-likeness (QED) is 0.661. The van der Waals surface area contributed by atoms with Gasteiger partial charge in [0, 0.05) is 10.6 Å². The minimum absolute atomic E-state index is 0.00989. The first kappa shape index (κ1) is 13.3. The van der Waals surface area contributed by atoms with Crippen LogP contribution in [-0.2, 0) is 0 Å². The Balaban J connectivity index is 2.57. The zero-order chi connectivity index (χ0) is 13.3. The SMILES string of the molecule is Cc1c(C(=O)O)sc2ncnc(SC(C)CO)c12. The molecule has 0 aliphatic heterocycles. The maximum absolute atomic E-state index is 11.1. The second-order valence-corrected chi connectivity index (χ2v) is 6.26. The molecule has 0 aliphatic carbocycles. The minimum Gasteiger partial charge on any atom is -0.477 e. The summed E-state index contributed by atoms with van der Waals surface area (Å²) in [5.41, 5.74) is 0.690. The molecule has 0 saturated heterocycles. The molecule has 0 amide bonds. The van der Waals surface area contributed by atoms with Gasteiger partial charge in [-0.05, 0) is 12.5 Å². The Bertz CT molecular complexity index is 597. The summed E-state index contributed by atoms with van der Waals surface area (Å²) < 4.78 is 0. The van der Waals surface area contributed by atoms with Crippen LogP contribution in [0.2, 0.25) is 0 Å². The zero-order valence-electron chi connectivity index (χ0n) is 9.88. The van der Waals surface area contributed by atoms with Gasteiger partial charge >= 0.3 is 5.97 Å². The van der Waals surface area contributed by atoms with Crippen molar-refractivity contribution in [1.82, 2.24) is 9.97 Å². The van der Waals surface area contributed by atoms with Crippen molar-refractivity contribution in [1.29, 1.82) is 0 Å². The van der Waals surface area contributed by atoms with E-state index in [-0.39, 0.29) is 11.9 Å². The molecule has 2 heterocycles. The van der Waals surface area contributed by atoms with E-state index in [0.29, 0.717) is 15.3 Å². The number of hydrogen-bond acceptors (Lipinski definition) is 6. The molecule has 2 rings (SSSR count). The van der Waals surface area contributed by atoms with E-state index in [1.165, 1.54) is 18.1 Å². The number of aryl methyl sites for hydroxylation is 1. The molecule has 2 aromatic rings. The molecule has 0 aromatic carbocycles. The van der Waals surface area contributed by atoms with Gasteiger partial charge in [0.15, 0.2) is 0 Å². The van der Waals surface area contributed by atoms with Gasteiger partial charge in [-0.25, -0.2) is 14.8 Å². The third kappa shape index (κ3) is 2.33. The monoisotopic (exact) mass is 284 g/mol. The number of thiophene rings is 1. The van der Waals surface area contributed by atoms with Crippen molar-refractivity contribution < 1.29 is 15.0 Å². The number of thioether (sulfide) groups is 1. The lowest BCUT2D eigenvalue weighted by atomic mass is 10.2. The normalized spacial score (nSPS) is 12.8. The van der Waals surface area contributed by atoms with Crippen molar-refractivity contribution in [3.05, 3.63) is 16.8 Å². The van der Waals surface area contributed by atoms with Gasteiger partial charge in [0.05, 0.1) is 6.61 Å². The average molecular weight is 284 g/mol. The van der Waals surface area contributed by atoms with E-state index in [9.17, 15) is 4.79 Å². The number of aliphatic hydroxyl groups excluding tert-OH is 1. The molecule has 0 radical (unpaired) electrons. The molecule has 0 saturated carbocycles. The molecular formula is C11H12N2O3S2. The summed E-state index contributed by atoms with van der Waals surface area (Å²) in [4.78, 5) is 20.4. The molecule has 1 atom stereocenters. The first-order chi connectivity index (χ1) is 8.54. The van der Waals surface area contributed by atoms with Crippen LogP contribution in [0.4, 0.5) is 0 Å². The largest absolute Gasteiger partial charge is 0.477 e. The lowest BCUT2D eigenvalue weighted by Crippen LogP contribution is -2.02. The van der Waals surface area contributed by atoms with E-state index >= 15 is 0 Å². The Labute approximate surface area is 112 Å². The van der Waals surface area contributed by atoms with Crippen molar-refractivity contribution in [3.63, 3.8) is 0 Å². The maximum Gasteiger partial charge on any atom is 0.346 e. The highest BCUT2D eigenvalue weighted by atomic mass is 32.2. The smallest absolute Gasteiger partial charge is 0.346 e. The fraction of sp³-hybridized carbons (Fsp3) is 0.364. The summed E-state index contributed by atoms with van der Waals surface area (Å²) in [6.07, 6.45) is 1.43. The number of carboxylic acids is 1. The molecule has 2 N–H and O–H groups in total. The van der Waals surface area contributed by atoms with Crippen molar-refractivity contribution in [3.8, 4) is 0 Å². The Hall–Kier alpha value is -1.18. The van der Waals surface area contributed by atoms with Crippen molar-refractivity contribution in [2.45, 2.75) is 24.1 Å². The summed E-state index contributed by atoms with van der Waals surface area (Å²) >= 11 is 2.58. The van der Waals surface area contributed by atoms with Crippen LogP contribution in [0.5, 0.6) is 0 Å². The Morgan fingerprint density at radius 2 is 2.28 bits per heavy atom. The predicted octanol–water partition coefficient (Wildman–Crippen LogP) is 2.17. The van der Waals surface area contributed by atoms with Crippen LogP contribution < -0.4 is 0 Å². The fourth-order valence-corrected chi connectivity index (χ4v) is 3.54. The predicted molar refractivity (Wildman–Crippen MR) is 71.5 cm³/mol. The molecular weight excluding hydrogens is 272 g/mol. The fourth-order valence-electron chi connectivity index (χ4n) is 1.56. The van der Waals surface area contributed by atoms with Gasteiger partial charge in [0.25, 0.3) is 0 Å². The summed E-state index contributed by atoms with van der Waals surface area (Å²) in [5, 5.41) is 19.7. The van der Waals surface area contributed by atoms with Crippen LogP contribution in [0.1, 0.15) is 22.2 Å². The molecule has 0 spiro atoms. The first-order valence-corrected chi connectivity index (χ1v) is 6.99. The molecule has 2 aromatic heterocycles. The van der Waals surface area contributed by atoms with E-state index in [4.69, 9.17) is 10.2 Å². The summed E-state index contributed by atoms with van der Waals surface area (Å²) in [6.45, 7) is 3.70. The highest BCUT2D eigenvalue weighted by Gasteiger charge is 2.19. The molecule has 96 valence electrons. The Morgan fingerprint density at radius 3 is 2.89 bits per heavy atom. The number of rotatable bonds is 4. The van der Waals surface area contributed by atoms with Crippen LogP contribution in [0.15, 0.2) is 11.4 Å². The molecule has 1 unspecified atom stereocenters. The highest BCUT2D eigenvalue weighted by Crippen LogP contribution is 2.36. The van der Waals surface area contributed by atoms with Crippen LogP contribution in [0.25, 0.3) is 10.2 Å². The number of hydrogen-bond donors (Lipinski definition) is 2.